The summed E-state index contributed by atoms with van der Waals surface area (Å²) in [4.78, 5) is 11.0. The number of hydrogen-bond acceptors (Lipinski definition) is 5. The zero-order chi connectivity index (χ0) is 17.3. The Labute approximate surface area is 133 Å². The molecule has 3 rings (SSSR count). The van der Waals surface area contributed by atoms with Gasteiger partial charge in [-0.2, -0.15) is 17.7 Å². The van der Waals surface area contributed by atoms with Gasteiger partial charge in [0.15, 0.2) is 5.65 Å². The van der Waals surface area contributed by atoms with E-state index in [1.165, 1.54) is 12.1 Å². The van der Waals surface area contributed by atoms with E-state index < -0.39 is 17.9 Å². The highest BCUT2D eigenvalue weighted by Crippen LogP contribution is 2.27. The molecule has 1 aromatic carbocycles. The Bertz CT molecular complexity index is 888. The number of primary amides is 1. The molecule has 2 heterocycles. The predicted molar refractivity (Wildman–Crippen MR) is 78.1 cm³/mol. The minimum atomic E-state index is -4.64. The zero-order valence-corrected chi connectivity index (χ0v) is 12.1. The van der Waals surface area contributed by atoms with Crippen molar-refractivity contribution in [1.29, 1.82) is 0 Å². The van der Waals surface area contributed by atoms with E-state index in [9.17, 15) is 18.0 Å². The number of nitrogens with zero attached hydrogens (tertiary/aromatic N) is 4. The number of hydrogen-bond donors (Lipinski definition) is 2. The van der Waals surface area contributed by atoms with E-state index in [4.69, 9.17) is 5.73 Å². The van der Waals surface area contributed by atoms with Gasteiger partial charge in [0.1, 0.15) is 5.82 Å². The monoisotopic (exact) mass is 336 g/mol. The Hall–Kier alpha value is -3.17. The van der Waals surface area contributed by atoms with Crippen LogP contribution in [0.15, 0.2) is 36.4 Å². The molecule has 0 radical (unpaired) electrons. The van der Waals surface area contributed by atoms with Crippen molar-refractivity contribution in [3.63, 3.8) is 0 Å². The van der Waals surface area contributed by atoms with Crippen LogP contribution in [0.2, 0.25) is 0 Å². The first-order valence-corrected chi connectivity index (χ1v) is 6.77. The predicted octanol–water partition coefficient (Wildman–Crippen LogP) is 1.85. The van der Waals surface area contributed by atoms with Gasteiger partial charge in [-0.3, -0.25) is 4.79 Å². The molecule has 0 bridgehead atoms. The minimum absolute atomic E-state index is 0.00122. The topological polar surface area (TPSA) is 98.2 Å². The molecule has 24 heavy (non-hydrogen) atoms. The molecule has 0 aliphatic carbocycles. The lowest BCUT2D eigenvalue weighted by atomic mass is 10.1. The maximum Gasteiger partial charge on any atom is 0.453 e. The number of halogens is 3. The molecule has 0 spiro atoms. The lowest BCUT2D eigenvalue weighted by Gasteiger charge is -2.08. The highest BCUT2D eigenvalue weighted by molar-refractivity contribution is 5.92. The number of carbonyl (C=O) groups excluding carboxylic acids is 1. The molecule has 0 atom stereocenters. The molecule has 0 fully saturated rings. The average molecular weight is 336 g/mol. The van der Waals surface area contributed by atoms with Gasteiger partial charge in [-0.1, -0.05) is 12.1 Å². The van der Waals surface area contributed by atoms with Crippen molar-refractivity contribution >= 4 is 17.4 Å². The second-order valence-corrected chi connectivity index (χ2v) is 4.92. The van der Waals surface area contributed by atoms with Crippen LogP contribution in [0.4, 0.5) is 19.0 Å². The number of alkyl halides is 3. The Morgan fingerprint density at radius 2 is 1.83 bits per heavy atom. The Morgan fingerprint density at radius 3 is 2.46 bits per heavy atom. The lowest BCUT2D eigenvalue weighted by Crippen LogP contribution is -2.13. The van der Waals surface area contributed by atoms with Gasteiger partial charge in [-0.05, 0) is 29.8 Å². The second-order valence-electron chi connectivity index (χ2n) is 4.92. The number of carbonyl (C=O) groups is 1. The van der Waals surface area contributed by atoms with Gasteiger partial charge in [0.25, 0.3) is 5.82 Å². The van der Waals surface area contributed by atoms with E-state index in [1.54, 1.807) is 24.3 Å². The molecule has 0 aliphatic heterocycles. The molecule has 0 saturated carbocycles. The number of nitrogens with two attached hydrogens (primary N) is 1. The van der Waals surface area contributed by atoms with E-state index in [0.717, 1.165) is 5.56 Å². The molecule has 3 N–H and O–H groups in total. The van der Waals surface area contributed by atoms with E-state index >= 15 is 0 Å². The van der Waals surface area contributed by atoms with Crippen LogP contribution in [0.1, 0.15) is 21.7 Å². The normalized spacial score (nSPS) is 11.6. The van der Waals surface area contributed by atoms with Crippen LogP contribution < -0.4 is 11.1 Å². The van der Waals surface area contributed by atoms with Crippen LogP contribution in [0.5, 0.6) is 0 Å². The second kappa shape index (κ2) is 5.80. The average Bonchev–Trinajstić information content (AvgIpc) is 2.96. The summed E-state index contributed by atoms with van der Waals surface area (Å²) < 4.78 is 39.1. The molecule has 7 nitrogen and oxygen atoms in total. The fourth-order valence-corrected chi connectivity index (χ4v) is 2.04. The first-order chi connectivity index (χ1) is 11.3. The van der Waals surface area contributed by atoms with Gasteiger partial charge in [-0.25, -0.2) is 0 Å². The third-order valence-corrected chi connectivity index (χ3v) is 3.23. The first kappa shape index (κ1) is 15.7. The van der Waals surface area contributed by atoms with Crippen LogP contribution in [0, 0.1) is 0 Å². The van der Waals surface area contributed by atoms with Gasteiger partial charge in [-0.15, -0.1) is 15.3 Å². The number of nitrogens with one attached hydrogen (secondary N) is 1. The maximum absolute atomic E-state index is 12.8. The van der Waals surface area contributed by atoms with E-state index in [2.05, 4.69) is 20.6 Å². The molecule has 3 aromatic rings. The summed E-state index contributed by atoms with van der Waals surface area (Å²) in [6.45, 7) is 0.307. The highest BCUT2D eigenvalue weighted by atomic mass is 19.4. The fraction of sp³-hybridized carbons (Fsp3) is 0.143. The summed E-state index contributed by atoms with van der Waals surface area (Å²) in [5.74, 6) is -1.49. The molecule has 0 aliphatic rings. The maximum atomic E-state index is 12.8. The smallest absolute Gasteiger partial charge is 0.366 e. The highest BCUT2D eigenvalue weighted by Gasteiger charge is 2.37. The quantitative estimate of drug-likeness (QED) is 0.758. The molecule has 124 valence electrons. The largest absolute Gasteiger partial charge is 0.453 e. The summed E-state index contributed by atoms with van der Waals surface area (Å²) >= 11 is 0. The summed E-state index contributed by atoms with van der Waals surface area (Å²) in [6, 6.07) is 9.39. The third-order valence-electron chi connectivity index (χ3n) is 3.23. The molecular weight excluding hydrogens is 325 g/mol. The van der Waals surface area contributed by atoms with Crippen LogP contribution in [0.3, 0.4) is 0 Å². The molecule has 10 heteroatoms. The van der Waals surface area contributed by atoms with Crippen LogP contribution in [0.25, 0.3) is 5.65 Å². The number of fused-ring (bicyclic) bond motifs is 1. The first-order valence-electron chi connectivity index (χ1n) is 6.77. The Balaban J connectivity index is 1.79. The summed E-state index contributed by atoms with van der Waals surface area (Å²) in [6.07, 6.45) is -4.64. The molecule has 0 saturated heterocycles. The van der Waals surface area contributed by atoms with Crippen molar-refractivity contribution < 1.29 is 18.0 Å². The van der Waals surface area contributed by atoms with Crippen molar-refractivity contribution in [2.45, 2.75) is 12.7 Å². The minimum Gasteiger partial charge on any atom is -0.366 e. The van der Waals surface area contributed by atoms with Crippen molar-refractivity contribution in [3.05, 3.63) is 53.3 Å². The third kappa shape index (κ3) is 3.12. The summed E-state index contributed by atoms with van der Waals surface area (Å²) in [5.41, 5.74) is 6.33. The standard InChI is InChI=1S/C14H11F3N6O/c15-14(16,17)13-21-20-11-6-5-10(22-23(11)13)19-7-8-1-3-9(4-2-8)12(18)24/h1-6H,7H2,(H2,18,24)(H,19,22). The van der Waals surface area contributed by atoms with Gasteiger partial charge in [0.05, 0.1) is 0 Å². The van der Waals surface area contributed by atoms with E-state index in [-0.39, 0.29) is 11.5 Å². The van der Waals surface area contributed by atoms with E-state index in [0.29, 0.717) is 16.6 Å². The Morgan fingerprint density at radius 1 is 1.12 bits per heavy atom. The van der Waals surface area contributed by atoms with Crippen molar-refractivity contribution in [2.75, 3.05) is 5.32 Å². The van der Waals surface area contributed by atoms with Crippen LogP contribution >= 0.6 is 0 Å². The fourth-order valence-electron chi connectivity index (χ4n) is 2.04. The molecule has 2 aromatic heterocycles. The van der Waals surface area contributed by atoms with Gasteiger partial charge in [0.2, 0.25) is 5.91 Å². The van der Waals surface area contributed by atoms with Gasteiger partial charge in [0, 0.05) is 12.1 Å². The summed E-state index contributed by atoms with van der Waals surface area (Å²) in [5, 5.41) is 13.3. The molecule has 0 unspecified atom stereocenters. The van der Waals surface area contributed by atoms with Gasteiger partial charge >= 0.3 is 6.18 Å². The SMILES string of the molecule is NC(=O)c1ccc(CNc2ccc3nnc(C(F)(F)F)n3n2)cc1. The van der Waals surface area contributed by atoms with Crippen molar-refractivity contribution in [3.8, 4) is 0 Å². The number of amides is 1. The zero-order valence-electron chi connectivity index (χ0n) is 12.1. The van der Waals surface area contributed by atoms with Crippen molar-refractivity contribution in [1.82, 2.24) is 19.8 Å². The number of benzene rings is 1. The van der Waals surface area contributed by atoms with Gasteiger partial charge < -0.3 is 11.1 Å². The lowest BCUT2D eigenvalue weighted by molar-refractivity contribution is -0.146. The number of anilines is 1. The van der Waals surface area contributed by atoms with Crippen LogP contribution in [-0.2, 0) is 12.7 Å². The van der Waals surface area contributed by atoms with Crippen molar-refractivity contribution in [2.24, 2.45) is 5.73 Å². The molecule has 1 amide bonds. The summed E-state index contributed by atoms with van der Waals surface area (Å²) in [7, 11) is 0. The Kier molecular flexibility index (Phi) is 3.80. The number of rotatable bonds is 4. The molecular formula is C14H11F3N6O. The van der Waals surface area contributed by atoms with Crippen LogP contribution in [-0.4, -0.2) is 25.7 Å². The number of aromatic nitrogens is 4. The van der Waals surface area contributed by atoms with E-state index in [1.807, 2.05) is 0 Å².